The van der Waals surface area contributed by atoms with E-state index in [0.717, 1.165) is 5.57 Å². The molecule has 0 saturated heterocycles. The Labute approximate surface area is 78.7 Å². The predicted octanol–water partition coefficient (Wildman–Crippen LogP) is 4.75. The van der Waals surface area contributed by atoms with Crippen LogP contribution in [0.1, 0.15) is 42.0 Å². The smallest absolute Gasteiger partial charge is 0.0279 e. The summed E-state index contributed by atoms with van der Waals surface area (Å²) in [4.78, 5) is 0. The molecular weight excluding hydrogens is 144 g/mol. The first-order chi connectivity index (χ1) is 5.22. The van der Waals surface area contributed by atoms with E-state index in [0.29, 0.717) is 0 Å². The van der Waals surface area contributed by atoms with Crippen molar-refractivity contribution in [2.45, 2.75) is 42.0 Å². The summed E-state index contributed by atoms with van der Waals surface area (Å²) in [6.07, 6.45) is 6.13. The average Bonchev–Trinajstić information content (AvgIpc) is 2.03. The fourth-order valence-electron chi connectivity index (χ4n) is 0.664. The highest BCUT2D eigenvalue weighted by molar-refractivity contribution is 5.35. The van der Waals surface area contributed by atoms with E-state index >= 15 is 0 Å². The van der Waals surface area contributed by atoms with Crippen LogP contribution >= 0.6 is 0 Å². The van der Waals surface area contributed by atoms with Crippen molar-refractivity contribution in [3.05, 3.63) is 36.0 Å². The normalized spacial score (nSPS) is 9.92. The number of allylic oxidation sites excluding steroid dienone is 5. The number of rotatable bonds is 2. The van der Waals surface area contributed by atoms with Crippen LogP contribution in [-0.4, -0.2) is 0 Å². The first-order valence-corrected chi connectivity index (χ1v) is 4.17. The zero-order valence-corrected chi connectivity index (χ0v) is 8.44. The molecule has 0 bridgehead atoms. The lowest BCUT2D eigenvalue weighted by atomic mass is 10.1. The molecule has 0 aromatic carbocycles. The lowest BCUT2D eigenvalue weighted by molar-refractivity contribution is 1.42. The van der Waals surface area contributed by atoms with Crippen LogP contribution in [0.3, 0.4) is 0 Å². The van der Waals surface area contributed by atoms with Gasteiger partial charge in [-0.2, -0.15) is 0 Å². The second kappa shape index (κ2) is 12.9. The van der Waals surface area contributed by atoms with Gasteiger partial charge in [-0.25, -0.2) is 0 Å². The maximum absolute atomic E-state index is 3.83. The predicted molar refractivity (Wildman–Crippen MR) is 61.5 cm³/mol. The molecule has 72 valence electrons. The fourth-order valence-corrected chi connectivity index (χ4v) is 0.664. The summed E-state index contributed by atoms with van der Waals surface area (Å²) in [5.74, 6) is 0. The van der Waals surface area contributed by atoms with E-state index in [4.69, 9.17) is 0 Å². The quantitative estimate of drug-likeness (QED) is 0.522. The van der Waals surface area contributed by atoms with E-state index in [9.17, 15) is 0 Å². The van der Waals surface area contributed by atoms with Crippen LogP contribution < -0.4 is 0 Å². The van der Waals surface area contributed by atoms with E-state index in [1.165, 1.54) is 5.57 Å². The maximum atomic E-state index is 3.83. The number of hydrogen-bond donors (Lipinski definition) is 0. The van der Waals surface area contributed by atoms with Crippen molar-refractivity contribution in [2.75, 3.05) is 0 Å². The molecule has 0 unspecified atom stereocenters. The highest BCUT2D eigenvalue weighted by Crippen LogP contribution is 2.06. The molecule has 0 aliphatic heterocycles. The highest BCUT2D eigenvalue weighted by Gasteiger charge is 1.86. The standard InChI is InChI=1S/C9H14.C2H6.CH4/c1-5-7-9(6-2)8(3)4;1-2;/h5-7H,3H2,1-2,4H3;1-2H3;1H4/b7-5-,9-6-;;. The first-order valence-electron chi connectivity index (χ1n) is 4.17. The minimum Gasteiger partial charge on any atom is -0.0955 e. The maximum Gasteiger partial charge on any atom is -0.0279 e. The van der Waals surface area contributed by atoms with Gasteiger partial charge in [0, 0.05) is 0 Å². The molecule has 12 heavy (non-hydrogen) atoms. The zero-order valence-electron chi connectivity index (χ0n) is 8.44. The van der Waals surface area contributed by atoms with Crippen molar-refractivity contribution in [3.63, 3.8) is 0 Å². The Hall–Kier alpha value is -0.780. The Morgan fingerprint density at radius 1 is 1.17 bits per heavy atom. The summed E-state index contributed by atoms with van der Waals surface area (Å²) in [5.41, 5.74) is 2.34. The molecule has 0 aliphatic carbocycles. The third-order valence-electron chi connectivity index (χ3n) is 1.15. The Balaban J connectivity index is -0.000000249. The molecule has 0 aromatic rings. The SMILES string of the molecule is C.C=C(C)C(/C=C\C)=C\C.CC. The summed E-state index contributed by atoms with van der Waals surface area (Å²) in [7, 11) is 0. The van der Waals surface area contributed by atoms with Gasteiger partial charge in [0.2, 0.25) is 0 Å². The highest BCUT2D eigenvalue weighted by atomic mass is 13.9. The average molecular weight is 168 g/mol. The van der Waals surface area contributed by atoms with E-state index in [1.807, 2.05) is 40.7 Å². The van der Waals surface area contributed by atoms with Crippen molar-refractivity contribution in [3.8, 4) is 0 Å². The van der Waals surface area contributed by atoms with Crippen LogP contribution in [-0.2, 0) is 0 Å². The van der Waals surface area contributed by atoms with Crippen molar-refractivity contribution in [1.82, 2.24) is 0 Å². The van der Waals surface area contributed by atoms with Crippen molar-refractivity contribution in [2.24, 2.45) is 0 Å². The van der Waals surface area contributed by atoms with E-state index in [-0.39, 0.29) is 7.43 Å². The van der Waals surface area contributed by atoms with E-state index < -0.39 is 0 Å². The van der Waals surface area contributed by atoms with E-state index in [2.05, 4.69) is 18.7 Å². The third-order valence-corrected chi connectivity index (χ3v) is 1.15. The van der Waals surface area contributed by atoms with Crippen molar-refractivity contribution >= 4 is 0 Å². The van der Waals surface area contributed by atoms with Gasteiger partial charge in [-0.05, 0) is 26.3 Å². The third kappa shape index (κ3) is 9.22. The monoisotopic (exact) mass is 168 g/mol. The van der Waals surface area contributed by atoms with Crippen molar-refractivity contribution in [1.29, 1.82) is 0 Å². The second-order valence-electron chi connectivity index (χ2n) is 2.02. The molecular formula is C12H24. The number of hydrogen-bond acceptors (Lipinski definition) is 0. The molecule has 0 heteroatoms. The Kier molecular flexibility index (Phi) is 18.6. The molecule has 0 fully saturated rings. The van der Waals surface area contributed by atoms with Crippen LogP contribution in [0.5, 0.6) is 0 Å². The van der Waals surface area contributed by atoms with Crippen LogP contribution in [0.25, 0.3) is 0 Å². The molecule has 0 radical (unpaired) electrons. The fraction of sp³-hybridized carbons (Fsp3) is 0.500. The molecule has 0 spiro atoms. The Morgan fingerprint density at radius 2 is 1.58 bits per heavy atom. The van der Waals surface area contributed by atoms with Gasteiger partial charge >= 0.3 is 0 Å². The van der Waals surface area contributed by atoms with Crippen LogP contribution in [0.2, 0.25) is 0 Å². The largest absolute Gasteiger partial charge is 0.0955 e. The molecule has 0 atom stereocenters. The Bertz CT molecular complexity index is 147. The van der Waals surface area contributed by atoms with Gasteiger partial charge in [0.15, 0.2) is 0 Å². The van der Waals surface area contributed by atoms with Gasteiger partial charge in [-0.1, -0.05) is 51.7 Å². The van der Waals surface area contributed by atoms with Gasteiger partial charge in [-0.15, -0.1) is 0 Å². The molecule has 0 saturated carbocycles. The molecule has 0 heterocycles. The molecule has 0 N–H and O–H groups in total. The van der Waals surface area contributed by atoms with Crippen LogP contribution in [0.15, 0.2) is 36.0 Å². The van der Waals surface area contributed by atoms with Gasteiger partial charge in [0.25, 0.3) is 0 Å². The minimum absolute atomic E-state index is 0. The lowest BCUT2D eigenvalue weighted by Crippen LogP contribution is -1.75. The van der Waals surface area contributed by atoms with Crippen LogP contribution in [0.4, 0.5) is 0 Å². The summed E-state index contributed by atoms with van der Waals surface area (Å²) >= 11 is 0. The summed E-state index contributed by atoms with van der Waals surface area (Å²) in [6.45, 7) is 13.9. The first kappa shape index (κ1) is 17.3. The lowest BCUT2D eigenvalue weighted by Gasteiger charge is -1.95. The molecule has 0 nitrogen and oxygen atoms in total. The Morgan fingerprint density at radius 3 is 1.67 bits per heavy atom. The molecule has 0 aromatic heterocycles. The van der Waals surface area contributed by atoms with Crippen molar-refractivity contribution < 1.29 is 0 Å². The zero-order chi connectivity index (χ0) is 9.28. The topological polar surface area (TPSA) is 0 Å². The minimum atomic E-state index is 0. The van der Waals surface area contributed by atoms with E-state index in [1.54, 1.807) is 0 Å². The van der Waals surface area contributed by atoms with Gasteiger partial charge in [0.05, 0.1) is 0 Å². The molecule has 0 amide bonds. The molecule has 0 aliphatic rings. The van der Waals surface area contributed by atoms with Gasteiger partial charge < -0.3 is 0 Å². The summed E-state index contributed by atoms with van der Waals surface area (Å²) < 4.78 is 0. The summed E-state index contributed by atoms with van der Waals surface area (Å²) in [5, 5.41) is 0. The van der Waals surface area contributed by atoms with Gasteiger partial charge in [0.1, 0.15) is 0 Å². The van der Waals surface area contributed by atoms with Crippen LogP contribution in [0, 0.1) is 0 Å². The second-order valence-corrected chi connectivity index (χ2v) is 2.02. The molecule has 0 rings (SSSR count). The van der Waals surface area contributed by atoms with Gasteiger partial charge in [-0.3, -0.25) is 0 Å². The summed E-state index contributed by atoms with van der Waals surface area (Å²) in [6, 6.07) is 0.